The van der Waals surface area contributed by atoms with Gasteiger partial charge >= 0.3 is 5.97 Å². The van der Waals surface area contributed by atoms with Crippen LogP contribution in [0.2, 0.25) is 5.02 Å². The van der Waals surface area contributed by atoms with E-state index in [2.05, 4.69) is 6.92 Å². The van der Waals surface area contributed by atoms with E-state index < -0.39 is 0 Å². The number of methoxy groups -OCH3 is 1. The topological polar surface area (TPSA) is 26.3 Å². The second-order valence-corrected chi connectivity index (χ2v) is 4.27. The summed E-state index contributed by atoms with van der Waals surface area (Å²) in [6, 6.07) is 5.85. The SMILES string of the molecule is CCc1cccc(Cl)c1CC(C)C(=O)OC. The van der Waals surface area contributed by atoms with Crippen molar-refractivity contribution in [2.45, 2.75) is 26.7 Å². The number of benzene rings is 1. The maximum Gasteiger partial charge on any atom is 0.308 e. The van der Waals surface area contributed by atoms with Crippen molar-refractivity contribution in [1.82, 2.24) is 0 Å². The smallest absolute Gasteiger partial charge is 0.308 e. The van der Waals surface area contributed by atoms with Crippen molar-refractivity contribution < 1.29 is 9.53 Å². The van der Waals surface area contributed by atoms with Gasteiger partial charge in [-0.15, -0.1) is 0 Å². The standard InChI is InChI=1S/C13H17ClO2/c1-4-10-6-5-7-12(14)11(10)8-9(2)13(15)16-3/h5-7,9H,4,8H2,1-3H3. The molecule has 0 bridgehead atoms. The molecule has 1 atom stereocenters. The predicted octanol–water partition coefficient (Wildman–Crippen LogP) is 3.25. The number of hydrogen-bond donors (Lipinski definition) is 0. The average molecular weight is 241 g/mol. The summed E-state index contributed by atoms with van der Waals surface area (Å²) in [5, 5.41) is 0.732. The summed E-state index contributed by atoms with van der Waals surface area (Å²) >= 11 is 6.15. The van der Waals surface area contributed by atoms with Crippen molar-refractivity contribution in [3.63, 3.8) is 0 Å². The molecule has 3 heteroatoms. The summed E-state index contributed by atoms with van der Waals surface area (Å²) in [5.74, 6) is -0.350. The van der Waals surface area contributed by atoms with Crippen LogP contribution in [-0.2, 0) is 22.4 Å². The Morgan fingerprint density at radius 1 is 1.50 bits per heavy atom. The molecule has 0 heterocycles. The number of rotatable bonds is 4. The quantitative estimate of drug-likeness (QED) is 0.756. The molecule has 1 rings (SSSR count). The molecule has 1 aromatic carbocycles. The molecule has 0 aliphatic carbocycles. The summed E-state index contributed by atoms with van der Waals surface area (Å²) < 4.78 is 4.72. The minimum Gasteiger partial charge on any atom is -0.469 e. The first-order valence-electron chi connectivity index (χ1n) is 5.44. The van der Waals surface area contributed by atoms with Crippen molar-refractivity contribution in [3.8, 4) is 0 Å². The van der Waals surface area contributed by atoms with Crippen LogP contribution in [0.3, 0.4) is 0 Å². The van der Waals surface area contributed by atoms with Crippen molar-refractivity contribution >= 4 is 17.6 Å². The predicted molar refractivity (Wildman–Crippen MR) is 65.7 cm³/mol. The molecule has 16 heavy (non-hydrogen) atoms. The normalized spacial score (nSPS) is 12.2. The molecule has 0 amide bonds. The lowest BCUT2D eigenvalue weighted by atomic mass is 9.95. The highest BCUT2D eigenvalue weighted by molar-refractivity contribution is 6.31. The average Bonchev–Trinajstić information content (AvgIpc) is 2.30. The zero-order chi connectivity index (χ0) is 12.1. The van der Waals surface area contributed by atoms with Gasteiger partial charge in [-0.05, 0) is 30.0 Å². The Hall–Kier alpha value is -1.02. The molecule has 0 aliphatic heterocycles. The molecular weight excluding hydrogens is 224 g/mol. The van der Waals surface area contributed by atoms with Crippen LogP contribution in [0.5, 0.6) is 0 Å². The second kappa shape index (κ2) is 5.90. The molecule has 1 aromatic rings. The number of ether oxygens (including phenoxy) is 1. The van der Waals surface area contributed by atoms with E-state index in [1.807, 2.05) is 25.1 Å². The monoisotopic (exact) mass is 240 g/mol. The minimum atomic E-state index is -0.193. The zero-order valence-corrected chi connectivity index (χ0v) is 10.7. The van der Waals surface area contributed by atoms with Crippen molar-refractivity contribution in [1.29, 1.82) is 0 Å². The first-order valence-corrected chi connectivity index (χ1v) is 5.82. The van der Waals surface area contributed by atoms with Crippen LogP contribution in [-0.4, -0.2) is 13.1 Å². The van der Waals surface area contributed by atoms with E-state index in [-0.39, 0.29) is 11.9 Å². The van der Waals surface area contributed by atoms with Crippen LogP contribution in [0, 0.1) is 5.92 Å². The summed E-state index contributed by atoms with van der Waals surface area (Å²) in [6.07, 6.45) is 1.55. The highest BCUT2D eigenvalue weighted by atomic mass is 35.5. The van der Waals surface area contributed by atoms with Gasteiger partial charge in [0, 0.05) is 5.02 Å². The Kier molecular flexibility index (Phi) is 4.81. The fraction of sp³-hybridized carbons (Fsp3) is 0.462. The lowest BCUT2D eigenvalue weighted by molar-refractivity contribution is -0.144. The minimum absolute atomic E-state index is 0.157. The second-order valence-electron chi connectivity index (χ2n) is 3.86. The third kappa shape index (κ3) is 2.99. The zero-order valence-electron chi connectivity index (χ0n) is 9.92. The number of halogens is 1. The summed E-state index contributed by atoms with van der Waals surface area (Å²) in [6.45, 7) is 3.94. The Bertz CT molecular complexity index is 374. The molecule has 0 spiro atoms. The van der Waals surface area contributed by atoms with Crippen molar-refractivity contribution in [2.75, 3.05) is 7.11 Å². The molecule has 0 saturated carbocycles. The maximum absolute atomic E-state index is 11.4. The van der Waals surface area contributed by atoms with Gasteiger partial charge in [0.05, 0.1) is 13.0 Å². The van der Waals surface area contributed by atoms with E-state index in [4.69, 9.17) is 16.3 Å². The third-order valence-electron chi connectivity index (χ3n) is 2.71. The Balaban J connectivity index is 2.91. The van der Waals surface area contributed by atoms with E-state index >= 15 is 0 Å². The van der Waals surface area contributed by atoms with Crippen LogP contribution >= 0.6 is 11.6 Å². The van der Waals surface area contributed by atoms with E-state index in [1.54, 1.807) is 0 Å². The molecule has 0 aromatic heterocycles. The molecule has 88 valence electrons. The maximum atomic E-state index is 11.4. The number of aryl methyl sites for hydroxylation is 1. The van der Waals surface area contributed by atoms with Crippen molar-refractivity contribution in [2.24, 2.45) is 5.92 Å². The summed E-state index contributed by atoms with van der Waals surface area (Å²) in [4.78, 5) is 11.4. The van der Waals surface area contributed by atoms with Gasteiger partial charge in [-0.3, -0.25) is 4.79 Å². The van der Waals surface area contributed by atoms with E-state index in [0.717, 1.165) is 17.0 Å². The first kappa shape index (κ1) is 13.0. The number of carbonyl (C=O) groups is 1. The fourth-order valence-electron chi connectivity index (χ4n) is 1.75. The first-order chi connectivity index (χ1) is 7.60. The van der Waals surface area contributed by atoms with Crippen LogP contribution in [0.1, 0.15) is 25.0 Å². The van der Waals surface area contributed by atoms with Crippen LogP contribution in [0.25, 0.3) is 0 Å². The van der Waals surface area contributed by atoms with Crippen molar-refractivity contribution in [3.05, 3.63) is 34.3 Å². The van der Waals surface area contributed by atoms with Crippen LogP contribution in [0.15, 0.2) is 18.2 Å². The van der Waals surface area contributed by atoms with Gasteiger partial charge < -0.3 is 4.74 Å². The van der Waals surface area contributed by atoms with E-state index in [0.29, 0.717) is 6.42 Å². The van der Waals surface area contributed by atoms with E-state index in [1.165, 1.54) is 12.7 Å². The third-order valence-corrected chi connectivity index (χ3v) is 3.06. The summed E-state index contributed by atoms with van der Waals surface area (Å²) in [7, 11) is 1.41. The van der Waals surface area contributed by atoms with Gasteiger partial charge in [0.25, 0.3) is 0 Å². The van der Waals surface area contributed by atoms with Crippen LogP contribution < -0.4 is 0 Å². The van der Waals surface area contributed by atoms with Gasteiger partial charge in [0.1, 0.15) is 0 Å². The van der Waals surface area contributed by atoms with Gasteiger partial charge in [0.2, 0.25) is 0 Å². The molecule has 1 unspecified atom stereocenters. The highest BCUT2D eigenvalue weighted by Crippen LogP contribution is 2.24. The molecular formula is C13H17ClO2. The van der Waals surface area contributed by atoms with Gasteiger partial charge in [0.15, 0.2) is 0 Å². The van der Waals surface area contributed by atoms with Gasteiger partial charge in [-0.2, -0.15) is 0 Å². The Morgan fingerprint density at radius 3 is 2.75 bits per heavy atom. The molecule has 0 saturated heterocycles. The lowest BCUT2D eigenvalue weighted by Gasteiger charge is -2.13. The largest absolute Gasteiger partial charge is 0.469 e. The Labute approximate surface area is 102 Å². The summed E-state index contributed by atoms with van der Waals surface area (Å²) in [5.41, 5.74) is 2.26. The molecule has 0 N–H and O–H groups in total. The fourth-order valence-corrected chi connectivity index (χ4v) is 2.03. The van der Waals surface area contributed by atoms with Gasteiger partial charge in [-0.1, -0.05) is 37.6 Å². The lowest BCUT2D eigenvalue weighted by Crippen LogP contribution is -2.16. The number of hydrogen-bond acceptors (Lipinski definition) is 2. The number of esters is 1. The highest BCUT2D eigenvalue weighted by Gasteiger charge is 2.17. The Morgan fingerprint density at radius 2 is 2.19 bits per heavy atom. The van der Waals surface area contributed by atoms with Gasteiger partial charge in [-0.25, -0.2) is 0 Å². The molecule has 2 nitrogen and oxygen atoms in total. The number of carbonyl (C=O) groups excluding carboxylic acids is 1. The molecule has 0 radical (unpaired) electrons. The molecule has 0 fully saturated rings. The molecule has 0 aliphatic rings. The van der Waals surface area contributed by atoms with E-state index in [9.17, 15) is 4.79 Å². The van der Waals surface area contributed by atoms with Crippen LogP contribution in [0.4, 0.5) is 0 Å².